The Morgan fingerprint density at radius 1 is 1.56 bits per heavy atom. The first kappa shape index (κ1) is 14.0. The molecule has 0 aliphatic carbocycles. The molecule has 3 N–H and O–H groups in total. The van der Waals surface area contributed by atoms with E-state index < -0.39 is 0 Å². The maximum absolute atomic E-state index is 12.0. The van der Waals surface area contributed by atoms with Gasteiger partial charge in [0.25, 0.3) is 0 Å². The monoisotopic (exact) mass is 246 g/mol. The van der Waals surface area contributed by atoms with Gasteiger partial charge in [-0.2, -0.15) is 5.26 Å². The van der Waals surface area contributed by atoms with Crippen LogP contribution in [0.2, 0.25) is 0 Å². The van der Waals surface area contributed by atoms with Crippen LogP contribution in [0.15, 0.2) is 24.3 Å². The Hall–Kier alpha value is -2.06. The van der Waals surface area contributed by atoms with Crippen LogP contribution < -0.4 is 11.1 Å². The van der Waals surface area contributed by atoms with Crippen molar-refractivity contribution in [1.29, 1.82) is 5.26 Å². The van der Waals surface area contributed by atoms with E-state index in [4.69, 9.17) is 11.0 Å². The molecule has 0 fully saturated rings. The van der Waals surface area contributed by atoms with Gasteiger partial charge in [0.15, 0.2) is 0 Å². The molecule has 0 bridgehead atoms. The van der Waals surface area contributed by atoms with Gasteiger partial charge >= 0.3 is 0 Å². The van der Waals surface area contributed by atoms with Gasteiger partial charge in [0.05, 0.1) is 23.5 Å². The van der Waals surface area contributed by atoms with Crippen LogP contribution in [0.4, 0.5) is 11.4 Å². The summed E-state index contributed by atoms with van der Waals surface area (Å²) in [7, 11) is 1.82. The molecule has 0 spiro atoms. The minimum Gasteiger partial charge on any atom is -0.397 e. The summed E-state index contributed by atoms with van der Waals surface area (Å²) < 4.78 is 0. The van der Waals surface area contributed by atoms with Gasteiger partial charge < -0.3 is 11.1 Å². The topological polar surface area (TPSA) is 82.2 Å². The van der Waals surface area contributed by atoms with Crippen LogP contribution in [0.1, 0.15) is 13.3 Å². The van der Waals surface area contributed by atoms with Crippen molar-refractivity contribution in [2.45, 2.75) is 19.4 Å². The number of hydrogen-bond acceptors (Lipinski definition) is 4. The number of nitriles is 1. The zero-order valence-corrected chi connectivity index (χ0v) is 10.7. The first-order valence-corrected chi connectivity index (χ1v) is 5.78. The van der Waals surface area contributed by atoms with Crippen molar-refractivity contribution in [1.82, 2.24) is 4.90 Å². The SMILES string of the molecule is CC(C(=O)Nc1ccccc1N)N(C)CCC#N. The fraction of sp³-hybridized carbons (Fsp3) is 0.385. The number of nitrogens with zero attached hydrogens (tertiary/aromatic N) is 2. The third kappa shape index (κ3) is 3.75. The summed E-state index contributed by atoms with van der Waals surface area (Å²) in [6, 6.07) is 8.87. The number of carbonyl (C=O) groups excluding carboxylic acids is 1. The lowest BCUT2D eigenvalue weighted by Crippen LogP contribution is -2.40. The van der Waals surface area contributed by atoms with Crippen LogP contribution in [-0.4, -0.2) is 30.4 Å². The number of benzene rings is 1. The molecule has 0 radical (unpaired) electrons. The van der Waals surface area contributed by atoms with E-state index in [1.165, 1.54) is 0 Å². The summed E-state index contributed by atoms with van der Waals surface area (Å²) in [5.41, 5.74) is 6.91. The number of anilines is 2. The van der Waals surface area contributed by atoms with Crippen LogP contribution in [0.3, 0.4) is 0 Å². The minimum atomic E-state index is -0.307. The Balaban J connectivity index is 2.60. The van der Waals surface area contributed by atoms with Crippen molar-refractivity contribution in [2.24, 2.45) is 0 Å². The Morgan fingerprint density at radius 3 is 2.83 bits per heavy atom. The fourth-order valence-corrected chi connectivity index (χ4v) is 1.47. The lowest BCUT2D eigenvalue weighted by molar-refractivity contribution is -0.120. The van der Waals surface area contributed by atoms with Crippen molar-refractivity contribution < 1.29 is 4.79 Å². The lowest BCUT2D eigenvalue weighted by Gasteiger charge is -2.23. The molecule has 18 heavy (non-hydrogen) atoms. The van der Waals surface area contributed by atoms with E-state index in [1.807, 2.05) is 24.1 Å². The molecule has 1 atom stereocenters. The van der Waals surface area contributed by atoms with Gasteiger partial charge in [0, 0.05) is 13.0 Å². The van der Waals surface area contributed by atoms with Crippen molar-refractivity contribution in [3.05, 3.63) is 24.3 Å². The van der Waals surface area contributed by atoms with Crippen LogP contribution in [0.5, 0.6) is 0 Å². The summed E-state index contributed by atoms with van der Waals surface area (Å²) in [6.07, 6.45) is 0.404. The molecule has 0 aliphatic rings. The molecule has 1 rings (SSSR count). The largest absolute Gasteiger partial charge is 0.397 e. The van der Waals surface area contributed by atoms with Crippen LogP contribution >= 0.6 is 0 Å². The van der Waals surface area contributed by atoms with E-state index in [9.17, 15) is 4.79 Å². The second-order valence-corrected chi connectivity index (χ2v) is 4.14. The number of nitrogens with one attached hydrogen (secondary N) is 1. The Bertz CT molecular complexity index is 453. The number of rotatable bonds is 5. The number of carbonyl (C=O) groups is 1. The van der Waals surface area contributed by atoms with Gasteiger partial charge in [-0.25, -0.2) is 0 Å². The third-order valence-corrected chi connectivity index (χ3v) is 2.84. The molecule has 0 saturated carbocycles. The Labute approximate surface area is 107 Å². The second kappa shape index (κ2) is 6.62. The molecule has 0 aromatic heterocycles. The molecule has 0 saturated heterocycles. The highest BCUT2D eigenvalue weighted by Crippen LogP contribution is 2.17. The van der Waals surface area contributed by atoms with E-state index in [0.717, 1.165) is 0 Å². The van der Waals surface area contributed by atoms with Crippen molar-refractivity contribution in [3.8, 4) is 6.07 Å². The predicted molar refractivity (Wildman–Crippen MR) is 71.8 cm³/mol. The van der Waals surface area contributed by atoms with Gasteiger partial charge in [0.1, 0.15) is 0 Å². The smallest absolute Gasteiger partial charge is 0.241 e. The van der Waals surface area contributed by atoms with Gasteiger partial charge in [-0.3, -0.25) is 9.69 Å². The number of likely N-dealkylation sites (N-methyl/N-ethyl adjacent to an activating group) is 1. The average molecular weight is 246 g/mol. The quantitative estimate of drug-likeness (QED) is 0.770. The summed E-state index contributed by atoms with van der Waals surface area (Å²) in [5, 5.41) is 11.3. The number of nitrogen functional groups attached to an aromatic ring is 1. The first-order chi connectivity index (χ1) is 8.56. The van der Waals surface area contributed by atoms with Gasteiger partial charge in [-0.05, 0) is 26.1 Å². The maximum Gasteiger partial charge on any atom is 0.241 e. The third-order valence-electron chi connectivity index (χ3n) is 2.84. The molecule has 0 heterocycles. The molecule has 1 aromatic carbocycles. The molecular weight excluding hydrogens is 228 g/mol. The Morgan fingerprint density at radius 2 is 2.22 bits per heavy atom. The highest BCUT2D eigenvalue weighted by Gasteiger charge is 2.18. The minimum absolute atomic E-state index is 0.131. The van der Waals surface area contributed by atoms with Crippen molar-refractivity contribution in [3.63, 3.8) is 0 Å². The number of hydrogen-bond donors (Lipinski definition) is 2. The summed E-state index contributed by atoms with van der Waals surface area (Å²) in [4.78, 5) is 13.8. The lowest BCUT2D eigenvalue weighted by atomic mass is 10.2. The van der Waals surface area contributed by atoms with Crippen LogP contribution in [-0.2, 0) is 4.79 Å². The normalized spacial score (nSPS) is 11.9. The van der Waals surface area contributed by atoms with E-state index in [1.54, 1.807) is 19.1 Å². The molecule has 5 heteroatoms. The number of amides is 1. The molecule has 1 aromatic rings. The number of para-hydroxylation sites is 2. The van der Waals surface area contributed by atoms with Gasteiger partial charge in [-0.15, -0.1) is 0 Å². The fourth-order valence-electron chi connectivity index (χ4n) is 1.47. The summed E-state index contributed by atoms with van der Waals surface area (Å²) in [5.74, 6) is -0.131. The average Bonchev–Trinajstić information content (AvgIpc) is 2.37. The predicted octanol–water partition coefficient (Wildman–Crippen LogP) is 1.44. The van der Waals surface area contributed by atoms with E-state index in [-0.39, 0.29) is 11.9 Å². The standard InChI is InChI=1S/C13H18N4O/c1-10(17(2)9-5-8-14)13(18)16-12-7-4-3-6-11(12)15/h3-4,6-7,10H,5,9,15H2,1-2H3,(H,16,18). The highest BCUT2D eigenvalue weighted by atomic mass is 16.2. The first-order valence-electron chi connectivity index (χ1n) is 5.78. The molecular formula is C13H18N4O. The number of nitrogens with two attached hydrogens (primary N) is 1. The van der Waals surface area contributed by atoms with Gasteiger partial charge in [0.2, 0.25) is 5.91 Å². The zero-order chi connectivity index (χ0) is 13.5. The molecule has 1 unspecified atom stereocenters. The van der Waals surface area contributed by atoms with E-state index in [0.29, 0.717) is 24.3 Å². The Kier molecular flexibility index (Phi) is 5.15. The van der Waals surface area contributed by atoms with E-state index >= 15 is 0 Å². The molecule has 1 amide bonds. The highest BCUT2D eigenvalue weighted by molar-refractivity contribution is 5.96. The zero-order valence-electron chi connectivity index (χ0n) is 10.7. The summed E-state index contributed by atoms with van der Waals surface area (Å²) >= 11 is 0. The second-order valence-electron chi connectivity index (χ2n) is 4.14. The van der Waals surface area contributed by atoms with Crippen molar-refractivity contribution in [2.75, 3.05) is 24.6 Å². The van der Waals surface area contributed by atoms with Crippen molar-refractivity contribution >= 4 is 17.3 Å². The van der Waals surface area contributed by atoms with Crippen LogP contribution in [0, 0.1) is 11.3 Å². The molecule has 96 valence electrons. The maximum atomic E-state index is 12.0. The van der Waals surface area contributed by atoms with E-state index in [2.05, 4.69) is 11.4 Å². The van der Waals surface area contributed by atoms with Gasteiger partial charge in [-0.1, -0.05) is 12.1 Å². The van der Waals surface area contributed by atoms with Crippen LogP contribution in [0.25, 0.3) is 0 Å². The molecule has 5 nitrogen and oxygen atoms in total. The summed E-state index contributed by atoms with van der Waals surface area (Å²) in [6.45, 7) is 2.36. The molecule has 0 aliphatic heterocycles.